The maximum Gasteiger partial charge on any atom is 0.408 e. The number of carbonyl (C=O) groups is 2. The van der Waals surface area contributed by atoms with Crippen LogP contribution in [0.3, 0.4) is 0 Å². The Morgan fingerprint density at radius 2 is 1.95 bits per heavy atom. The van der Waals surface area contributed by atoms with Crippen LogP contribution in [0.25, 0.3) is 0 Å². The number of ketones is 1. The summed E-state index contributed by atoms with van der Waals surface area (Å²) in [5, 5.41) is 2.70. The first-order valence-electron chi connectivity index (χ1n) is 6.80. The predicted octanol–water partition coefficient (Wildman–Crippen LogP) is 2.14. The minimum atomic E-state index is -0.540. The van der Waals surface area contributed by atoms with E-state index in [1.165, 1.54) is 0 Å². The summed E-state index contributed by atoms with van der Waals surface area (Å²) in [6.45, 7) is 10.5. The van der Waals surface area contributed by atoms with Gasteiger partial charge in [-0.15, -0.1) is 0 Å². The highest BCUT2D eigenvalue weighted by molar-refractivity contribution is 5.89. The summed E-state index contributed by atoms with van der Waals surface area (Å²) >= 11 is 0. The Balaban J connectivity index is 2.61. The molecule has 1 saturated heterocycles. The summed E-state index contributed by atoms with van der Waals surface area (Å²) in [5.41, 5.74) is -0.341. The van der Waals surface area contributed by atoms with Gasteiger partial charge >= 0.3 is 6.09 Å². The van der Waals surface area contributed by atoms with Crippen molar-refractivity contribution in [1.82, 2.24) is 5.32 Å². The lowest BCUT2D eigenvalue weighted by atomic mass is 9.81. The van der Waals surface area contributed by atoms with Crippen molar-refractivity contribution in [1.29, 1.82) is 0 Å². The third-order valence-corrected chi connectivity index (χ3v) is 3.14. The molecule has 2 unspecified atom stereocenters. The first-order chi connectivity index (χ1) is 8.71. The number of hydrogen-bond donors (Lipinski definition) is 1. The molecule has 0 aromatic carbocycles. The van der Waals surface area contributed by atoms with Gasteiger partial charge in [0.05, 0.1) is 19.3 Å². The number of ether oxygens (including phenoxy) is 2. The fraction of sp³-hybridized carbons (Fsp3) is 0.857. The highest BCUT2D eigenvalue weighted by Gasteiger charge is 2.34. The minimum absolute atomic E-state index is 0.0205. The van der Waals surface area contributed by atoms with E-state index in [9.17, 15) is 9.59 Å². The third-order valence-electron chi connectivity index (χ3n) is 3.14. The molecule has 0 aromatic heterocycles. The van der Waals surface area contributed by atoms with Crippen LogP contribution in [0.1, 0.15) is 41.0 Å². The summed E-state index contributed by atoms with van der Waals surface area (Å²) in [6.07, 6.45) is -0.0228. The van der Waals surface area contributed by atoms with Gasteiger partial charge in [-0.3, -0.25) is 4.79 Å². The van der Waals surface area contributed by atoms with Crippen LogP contribution in [0.15, 0.2) is 0 Å². The molecular formula is C14H25NO4. The zero-order valence-corrected chi connectivity index (χ0v) is 12.5. The average molecular weight is 271 g/mol. The lowest BCUT2D eigenvalue weighted by Gasteiger charge is -2.31. The lowest BCUT2D eigenvalue weighted by Crippen LogP contribution is -2.51. The molecule has 0 saturated carbocycles. The second-order valence-corrected chi connectivity index (χ2v) is 6.39. The topological polar surface area (TPSA) is 64.6 Å². The van der Waals surface area contributed by atoms with E-state index in [0.29, 0.717) is 19.6 Å². The number of rotatable bonds is 4. The van der Waals surface area contributed by atoms with Gasteiger partial charge in [0, 0.05) is 12.3 Å². The van der Waals surface area contributed by atoms with Crippen LogP contribution >= 0.6 is 0 Å². The van der Waals surface area contributed by atoms with Crippen molar-refractivity contribution in [2.24, 2.45) is 11.3 Å². The molecule has 1 heterocycles. The third kappa shape index (κ3) is 4.82. The first-order valence-corrected chi connectivity index (χ1v) is 6.80. The maximum absolute atomic E-state index is 12.2. The molecule has 1 aliphatic heterocycles. The van der Waals surface area contributed by atoms with Crippen LogP contribution in [0.5, 0.6) is 0 Å². The molecule has 1 N–H and O–H groups in total. The molecule has 5 heteroatoms. The van der Waals surface area contributed by atoms with Crippen molar-refractivity contribution in [2.75, 3.05) is 13.2 Å². The molecule has 1 amide bonds. The summed E-state index contributed by atoms with van der Waals surface area (Å²) < 4.78 is 10.4. The van der Waals surface area contributed by atoms with Crippen LogP contribution < -0.4 is 5.32 Å². The standard InChI is InChI=1S/C14H25NO4/c1-9(2)11(16)12(14(3,4)5)15-13(17)19-10-6-7-18-8-10/h9-10,12H,6-8H2,1-5H3,(H,15,17). The van der Waals surface area contributed by atoms with E-state index >= 15 is 0 Å². The zero-order valence-electron chi connectivity index (χ0n) is 12.5. The van der Waals surface area contributed by atoms with Gasteiger partial charge in [0.25, 0.3) is 0 Å². The summed E-state index contributed by atoms with van der Waals surface area (Å²) in [4.78, 5) is 24.0. The van der Waals surface area contributed by atoms with Gasteiger partial charge in [0.15, 0.2) is 5.78 Å². The van der Waals surface area contributed by atoms with E-state index in [-0.39, 0.29) is 23.2 Å². The van der Waals surface area contributed by atoms with Crippen molar-refractivity contribution in [3.63, 3.8) is 0 Å². The Labute approximate surface area is 115 Å². The van der Waals surface area contributed by atoms with Gasteiger partial charge < -0.3 is 14.8 Å². The minimum Gasteiger partial charge on any atom is -0.444 e. The Hall–Kier alpha value is -1.10. The van der Waals surface area contributed by atoms with E-state index in [2.05, 4.69) is 5.32 Å². The molecule has 0 spiro atoms. The zero-order chi connectivity index (χ0) is 14.6. The van der Waals surface area contributed by atoms with E-state index in [4.69, 9.17) is 9.47 Å². The van der Waals surface area contributed by atoms with Crippen LogP contribution in [-0.2, 0) is 14.3 Å². The number of hydrogen-bond acceptors (Lipinski definition) is 4. The normalized spacial score (nSPS) is 21.3. The van der Waals surface area contributed by atoms with Gasteiger partial charge in [-0.2, -0.15) is 0 Å². The number of carbonyl (C=O) groups excluding carboxylic acids is 2. The summed E-state index contributed by atoms with van der Waals surface area (Å²) in [5.74, 6) is -0.105. The smallest absolute Gasteiger partial charge is 0.408 e. The first kappa shape index (κ1) is 16.0. The van der Waals surface area contributed by atoms with Crippen LogP contribution in [-0.4, -0.2) is 37.2 Å². The van der Waals surface area contributed by atoms with E-state index in [1.54, 1.807) is 0 Å². The van der Waals surface area contributed by atoms with Gasteiger partial charge in [-0.05, 0) is 5.41 Å². The molecule has 0 radical (unpaired) electrons. The molecule has 19 heavy (non-hydrogen) atoms. The summed E-state index contributed by atoms with van der Waals surface area (Å²) in [6, 6.07) is -0.540. The van der Waals surface area contributed by atoms with Crippen LogP contribution in [0, 0.1) is 11.3 Å². The number of alkyl carbamates (subject to hydrolysis) is 1. The molecule has 0 bridgehead atoms. The molecular weight excluding hydrogens is 246 g/mol. The molecule has 1 aliphatic rings. The van der Waals surface area contributed by atoms with Crippen LogP contribution in [0.4, 0.5) is 4.79 Å². The number of nitrogens with one attached hydrogen (secondary N) is 1. The SMILES string of the molecule is CC(C)C(=O)C(NC(=O)OC1CCOC1)C(C)(C)C. The molecule has 5 nitrogen and oxygen atoms in total. The monoisotopic (exact) mass is 271 g/mol. The quantitative estimate of drug-likeness (QED) is 0.851. The summed E-state index contributed by atoms with van der Waals surface area (Å²) in [7, 11) is 0. The maximum atomic E-state index is 12.2. The van der Waals surface area contributed by atoms with Crippen molar-refractivity contribution < 1.29 is 19.1 Å². The van der Waals surface area contributed by atoms with E-state index < -0.39 is 12.1 Å². The molecule has 110 valence electrons. The Bertz CT molecular complexity index is 327. The van der Waals surface area contributed by atoms with Crippen molar-refractivity contribution in [3.8, 4) is 0 Å². The van der Waals surface area contributed by atoms with E-state index in [0.717, 1.165) is 0 Å². The van der Waals surface area contributed by atoms with Gasteiger partial charge in [0.1, 0.15) is 6.10 Å². The van der Waals surface area contributed by atoms with Crippen molar-refractivity contribution in [3.05, 3.63) is 0 Å². The molecule has 1 fully saturated rings. The Kier molecular flexibility index (Phi) is 5.35. The highest BCUT2D eigenvalue weighted by atomic mass is 16.6. The van der Waals surface area contributed by atoms with Gasteiger partial charge in [0.2, 0.25) is 0 Å². The van der Waals surface area contributed by atoms with Gasteiger partial charge in [-0.1, -0.05) is 34.6 Å². The second kappa shape index (κ2) is 6.37. The average Bonchev–Trinajstić information content (AvgIpc) is 2.75. The fourth-order valence-corrected chi connectivity index (χ4v) is 1.96. The van der Waals surface area contributed by atoms with Crippen molar-refractivity contribution in [2.45, 2.75) is 53.2 Å². The Morgan fingerprint density at radius 1 is 1.32 bits per heavy atom. The van der Waals surface area contributed by atoms with Gasteiger partial charge in [-0.25, -0.2) is 4.79 Å². The molecule has 0 aromatic rings. The largest absolute Gasteiger partial charge is 0.444 e. The van der Waals surface area contributed by atoms with E-state index in [1.807, 2.05) is 34.6 Å². The van der Waals surface area contributed by atoms with Crippen LogP contribution in [0.2, 0.25) is 0 Å². The molecule has 2 atom stereocenters. The Morgan fingerprint density at radius 3 is 2.37 bits per heavy atom. The highest BCUT2D eigenvalue weighted by Crippen LogP contribution is 2.22. The number of Topliss-reactive ketones (excluding diaryl/α,β-unsaturated/α-hetero) is 1. The lowest BCUT2D eigenvalue weighted by molar-refractivity contribution is -0.126. The molecule has 1 rings (SSSR count). The predicted molar refractivity (Wildman–Crippen MR) is 71.9 cm³/mol. The fourth-order valence-electron chi connectivity index (χ4n) is 1.96. The second-order valence-electron chi connectivity index (χ2n) is 6.39. The molecule has 0 aliphatic carbocycles. The number of amides is 1. The van der Waals surface area contributed by atoms with Crippen molar-refractivity contribution >= 4 is 11.9 Å².